The van der Waals surface area contributed by atoms with Crippen LogP contribution >= 0.6 is 15.9 Å². The number of ether oxygens (including phenoxy) is 1. The first-order chi connectivity index (χ1) is 8.70. The SMILES string of the molecule is COc1ccc(C2=C(Br)C(=O)[C@H]3C=C[C@@H]2C3)cc1. The summed E-state index contributed by atoms with van der Waals surface area (Å²) in [6.07, 6.45) is 5.09. The van der Waals surface area contributed by atoms with Gasteiger partial charge in [0.25, 0.3) is 0 Å². The minimum atomic E-state index is 0.0753. The van der Waals surface area contributed by atoms with Crippen molar-refractivity contribution in [3.05, 3.63) is 46.5 Å². The van der Waals surface area contributed by atoms with Gasteiger partial charge in [0.15, 0.2) is 5.78 Å². The van der Waals surface area contributed by atoms with Gasteiger partial charge in [0.2, 0.25) is 0 Å². The zero-order valence-electron chi connectivity index (χ0n) is 10.0. The first kappa shape index (κ1) is 11.7. The Morgan fingerprint density at radius 3 is 2.50 bits per heavy atom. The van der Waals surface area contributed by atoms with Gasteiger partial charge >= 0.3 is 0 Å². The van der Waals surface area contributed by atoms with E-state index in [-0.39, 0.29) is 11.7 Å². The maximum absolute atomic E-state index is 12.1. The molecule has 2 aliphatic rings. The van der Waals surface area contributed by atoms with E-state index in [1.54, 1.807) is 7.11 Å². The number of ketones is 1. The maximum Gasteiger partial charge on any atom is 0.176 e. The summed E-state index contributed by atoms with van der Waals surface area (Å²) in [5, 5.41) is 0. The lowest BCUT2D eigenvalue weighted by molar-refractivity contribution is -0.117. The molecule has 0 N–H and O–H groups in total. The van der Waals surface area contributed by atoms with E-state index in [4.69, 9.17) is 4.74 Å². The molecule has 2 nitrogen and oxygen atoms in total. The summed E-state index contributed by atoms with van der Waals surface area (Å²) in [5.41, 5.74) is 2.19. The minimum absolute atomic E-state index is 0.0753. The number of Topliss-reactive ketones (excluding diaryl/α,β-unsaturated/α-hetero) is 1. The van der Waals surface area contributed by atoms with Crippen LogP contribution in [0.1, 0.15) is 12.0 Å². The van der Waals surface area contributed by atoms with Gasteiger partial charge in [-0.3, -0.25) is 4.79 Å². The highest BCUT2D eigenvalue weighted by Crippen LogP contribution is 2.45. The highest BCUT2D eigenvalue weighted by atomic mass is 79.9. The van der Waals surface area contributed by atoms with Gasteiger partial charge in [-0.15, -0.1) is 0 Å². The summed E-state index contributed by atoms with van der Waals surface area (Å²) in [6, 6.07) is 7.88. The summed E-state index contributed by atoms with van der Waals surface area (Å²) >= 11 is 3.47. The van der Waals surface area contributed by atoms with Crippen molar-refractivity contribution in [1.82, 2.24) is 0 Å². The van der Waals surface area contributed by atoms with Crippen molar-refractivity contribution in [3.63, 3.8) is 0 Å². The van der Waals surface area contributed by atoms with Crippen LogP contribution in [0.2, 0.25) is 0 Å². The van der Waals surface area contributed by atoms with E-state index < -0.39 is 0 Å². The predicted octanol–water partition coefficient (Wildman–Crippen LogP) is 3.58. The van der Waals surface area contributed by atoms with Crippen LogP contribution in [-0.2, 0) is 4.79 Å². The second kappa shape index (κ2) is 4.39. The van der Waals surface area contributed by atoms with Crippen LogP contribution in [0, 0.1) is 11.8 Å². The maximum atomic E-state index is 12.1. The molecule has 1 aromatic rings. The van der Waals surface area contributed by atoms with Crippen LogP contribution in [0.3, 0.4) is 0 Å². The molecule has 0 saturated heterocycles. The molecule has 0 unspecified atom stereocenters. The molecule has 0 radical (unpaired) electrons. The molecule has 0 heterocycles. The van der Waals surface area contributed by atoms with Gasteiger partial charge in [-0.1, -0.05) is 24.3 Å². The fraction of sp³-hybridized carbons (Fsp3) is 0.267. The Bertz CT molecular complexity index is 554. The van der Waals surface area contributed by atoms with E-state index in [1.165, 1.54) is 0 Å². The third-order valence-corrected chi connectivity index (χ3v) is 4.46. The van der Waals surface area contributed by atoms with E-state index >= 15 is 0 Å². The molecule has 0 aromatic heterocycles. The number of fused-ring (bicyclic) bond motifs is 2. The Kier molecular flexibility index (Phi) is 2.86. The molecule has 2 aliphatic carbocycles. The second-order valence-corrected chi connectivity index (χ2v) is 5.45. The Morgan fingerprint density at radius 2 is 1.83 bits per heavy atom. The van der Waals surface area contributed by atoms with Crippen LogP contribution in [0.5, 0.6) is 5.75 Å². The zero-order chi connectivity index (χ0) is 12.7. The molecular weight excluding hydrogens is 292 g/mol. The van der Waals surface area contributed by atoms with Crippen molar-refractivity contribution < 1.29 is 9.53 Å². The molecule has 0 saturated carbocycles. The molecule has 3 rings (SSSR count). The molecule has 1 aromatic carbocycles. The summed E-state index contributed by atoms with van der Waals surface area (Å²) in [6.45, 7) is 0. The Balaban J connectivity index is 2.06. The van der Waals surface area contributed by atoms with Gasteiger partial charge < -0.3 is 4.74 Å². The van der Waals surface area contributed by atoms with E-state index in [0.29, 0.717) is 5.92 Å². The number of rotatable bonds is 2. The third kappa shape index (κ3) is 1.74. The molecule has 0 spiro atoms. The first-order valence-corrected chi connectivity index (χ1v) is 6.76. The second-order valence-electron chi connectivity index (χ2n) is 4.65. The first-order valence-electron chi connectivity index (χ1n) is 5.97. The van der Waals surface area contributed by atoms with Crippen LogP contribution in [0.15, 0.2) is 40.9 Å². The smallest absolute Gasteiger partial charge is 0.176 e. The lowest BCUT2D eigenvalue weighted by Gasteiger charge is -2.23. The topological polar surface area (TPSA) is 26.3 Å². The number of hydrogen-bond donors (Lipinski definition) is 0. The van der Waals surface area contributed by atoms with Gasteiger partial charge in [-0.25, -0.2) is 0 Å². The molecule has 92 valence electrons. The number of hydrogen-bond acceptors (Lipinski definition) is 2. The fourth-order valence-electron chi connectivity index (χ4n) is 2.68. The Hall–Kier alpha value is -1.35. The van der Waals surface area contributed by atoms with Gasteiger partial charge in [-0.2, -0.15) is 0 Å². The van der Waals surface area contributed by atoms with Crippen LogP contribution < -0.4 is 4.74 Å². The molecule has 2 atom stereocenters. The third-order valence-electron chi connectivity index (χ3n) is 3.64. The van der Waals surface area contributed by atoms with Crippen molar-refractivity contribution in [1.29, 1.82) is 0 Å². The van der Waals surface area contributed by atoms with Crippen molar-refractivity contribution >= 4 is 27.3 Å². The molecule has 0 amide bonds. The van der Waals surface area contributed by atoms with E-state index in [9.17, 15) is 4.79 Å². The van der Waals surface area contributed by atoms with E-state index in [2.05, 4.69) is 22.0 Å². The Morgan fingerprint density at radius 1 is 1.17 bits per heavy atom. The Labute approximate surface area is 114 Å². The summed E-state index contributed by atoms with van der Waals surface area (Å²) in [4.78, 5) is 12.1. The number of halogens is 1. The molecule has 18 heavy (non-hydrogen) atoms. The fourth-order valence-corrected chi connectivity index (χ4v) is 3.49. The average Bonchev–Trinajstić information content (AvgIpc) is 2.83. The predicted molar refractivity (Wildman–Crippen MR) is 74.6 cm³/mol. The summed E-state index contributed by atoms with van der Waals surface area (Å²) in [7, 11) is 1.65. The normalized spacial score (nSPS) is 25.8. The van der Waals surface area contributed by atoms with Crippen LogP contribution in [0.25, 0.3) is 5.57 Å². The average molecular weight is 305 g/mol. The van der Waals surface area contributed by atoms with Crippen LogP contribution in [0.4, 0.5) is 0 Å². The number of methoxy groups -OCH3 is 1. The summed E-state index contributed by atoms with van der Waals surface area (Å²) in [5.74, 6) is 1.46. The largest absolute Gasteiger partial charge is 0.497 e. The van der Waals surface area contributed by atoms with Crippen molar-refractivity contribution in [2.45, 2.75) is 6.42 Å². The van der Waals surface area contributed by atoms with Gasteiger partial charge in [0.05, 0.1) is 11.6 Å². The quantitative estimate of drug-likeness (QED) is 0.781. The number of carbonyl (C=O) groups excluding carboxylic acids is 1. The van der Waals surface area contributed by atoms with E-state index in [1.807, 2.05) is 30.3 Å². The summed E-state index contributed by atoms with van der Waals surface area (Å²) < 4.78 is 5.89. The number of benzene rings is 1. The van der Waals surface area contributed by atoms with Gasteiger partial charge in [-0.05, 0) is 45.6 Å². The molecule has 2 bridgehead atoms. The highest BCUT2D eigenvalue weighted by molar-refractivity contribution is 9.12. The van der Waals surface area contributed by atoms with Crippen molar-refractivity contribution in [3.8, 4) is 5.75 Å². The highest BCUT2D eigenvalue weighted by Gasteiger charge is 2.36. The number of allylic oxidation sites excluding steroid dienone is 4. The number of carbonyl (C=O) groups is 1. The standard InChI is InChI=1S/C15H13BrO2/c1-18-12-6-4-9(5-7-12)13-10-2-3-11(8-10)15(17)14(13)16/h2-7,10-11H,8H2,1H3/t10-,11+/m1/s1. The van der Waals surface area contributed by atoms with Crippen molar-refractivity contribution in [2.75, 3.05) is 7.11 Å². The van der Waals surface area contributed by atoms with Crippen molar-refractivity contribution in [2.24, 2.45) is 11.8 Å². The lowest BCUT2D eigenvalue weighted by atomic mass is 9.83. The molecule has 3 heteroatoms. The lowest BCUT2D eigenvalue weighted by Crippen LogP contribution is -2.19. The zero-order valence-corrected chi connectivity index (χ0v) is 11.6. The molecular formula is C15H13BrO2. The monoisotopic (exact) mass is 304 g/mol. The minimum Gasteiger partial charge on any atom is -0.497 e. The van der Waals surface area contributed by atoms with E-state index in [0.717, 1.165) is 27.8 Å². The molecule has 0 aliphatic heterocycles. The van der Waals surface area contributed by atoms with Crippen LogP contribution in [-0.4, -0.2) is 12.9 Å². The van der Waals surface area contributed by atoms with Gasteiger partial charge in [0, 0.05) is 11.8 Å². The molecule has 0 fully saturated rings. The van der Waals surface area contributed by atoms with Gasteiger partial charge in [0.1, 0.15) is 5.75 Å².